The van der Waals surface area contributed by atoms with Crippen molar-refractivity contribution in [3.05, 3.63) is 18.1 Å². The van der Waals surface area contributed by atoms with Gasteiger partial charge in [0.2, 0.25) is 0 Å². The van der Waals surface area contributed by atoms with Crippen molar-refractivity contribution in [3.8, 4) is 0 Å². The molecule has 0 aliphatic heterocycles. The van der Waals surface area contributed by atoms with Gasteiger partial charge in [-0.05, 0) is 26.4 Å². The number of hydrogen-bond acceptors (Lipinski definition) is 4. The number of nitrogens with one attached hydrogen (secondary N) is 2. The van der Waals surface area contributed by atoms with Crippen molar-refractivity contribution in [1.82, 2.24) is 15.3 Å². The van der Waals surface area contributed by atoms with E-state index in [0.29, 0.717) is 0 Å². The Kier molecular flexibility index (Phi) is 9.61. The summed E-state index contributed by atoms with van der Waals surface area (Å²) < 4.78 is 0. The standard InChI is InChI=1S/C10H18N4.C2H6/c1-3-11-5-4-6-13-10-8-12-7-9(2)14-10;1-2/h7-8,11H,3-6H2,1-2H3,(H,13,14);1-2H3. The Bertz CT molecular complexity index is 263. The van der Waals surface area contributed by atoms with Crippen LogP contribution in [0, 0.1) is 6.92 Å². The first kappa shape index (κ1) is 14.8. The summed E-state index contributed by atoms with van der Waals surface area (Å²) in [6.45, 7) is 11.1. The molecular formula is C12H24N4. The van der Waals surface area contributed by atoms with E-state index in [1.807, 2.05) is 20.8 Å². The Hall–Kier alpha value is -1.16. The third-order valence-corrected chi connectivity index (χ3v) is 1.84. The molecule has 92 valence electrons. The van der Waals surface area contributed by atoms with E-state index in [2.05, 4.69) is 27.5 Å². The van der Waals surface area contributed by atoms with Crippen molar-refractivity contribution >= 4 is 5.82 Å². The Morgan fingerprint density at radius 2 is 1.94 bits per heavy atom. The number of aryl methyl sites for hydroxylation is 1. The van der Waals surface area contributed by atoms with Gasteiger partial charge < -0.3 is 10.6 Å². The zero-order chi connectivity index (χ0) is 12.2. The average molecular weight is 224 g/mol. The van der Waals surface area contributed by atoms with Crippen LogP contribution in [-0.2, 0) is 0 Å². The first-order valence-corrected chi connectivity index (χ1v) is 6.06. The summed E-state index contributed by atoms with van der Waals surface area (Å²) in [6.07, 6.45) is 4.60. The molecule has 0 spiro atoms. The van der Waals surface area contributed by atoms with Gasteiger partial charge in [-0.25, -0.2) is 4.98 Å². The third kappa shape index (κ3) is 7.17. The van der Waals surface area contributed by atoms with Crippen LogP contribution in [-0.4, -0.2) is 29.6 Å². The molecule has 1 aromatic heterocycles. The molecule has 2 N–H and O–H groups in total. The Morgan fingerprint density at radius 1 is 1.19 bits per heavy atom. The summed E-state index contributed by atoms with van der Waals surface area (Å²) >= 11 is 0. The monoisotopic (exact) mass is 224 g/mol. The predicted molar refractivity (Wildman–Crippen MR) is 69.8 cm³/mol. The van der Waals surface area contributed by atoms with Gasteiger partial charge in [0.15, 0.2) is 0 Å². The molecule has 0 fully saturated rings. The minimum Gasteiger partial charge on any atom is -0.369 e. The Labute approximate surface area is 98.9 Å². The zero-order valence-corrected chi connectivity index (χ0v) is 10.9. The number of nitrogens with zero attached hydrogens (tertiary/aromatic N) is 2. The fraction of sp³-hybridized carbons (Fsp3) is 0.667. The molecular weight excluding hydrogens is 200 g/mol. The van der Waals surface area contributed by atoms with Crippen molar-refractivity contribution in [3.63, 3.8) is 0 Å². The van der Waals surface area contributed by atoms with Crippen LogP contribution in [0.1, 0.15) is 32.9 Å². The Morgan fingerprint density at radius 3 is 2.56 bits per heavy atom. The van der Waals surface area contributed by atoms with Crippen LogP contribution in [0.4, 0.5) is 5.82 Å². The van der Waals surface area contributed by atoms with Gasteiger partial charge in [-0.15, -0.1) is 0 Å². The van der Waals surface area contributed by atoms with Gasteiger partial charge in [0, 0.05) is 12.7 Å². The molecule has 1 aromatic rings. The van der Waals surface area contributed by atoms with Gasteiger partial charge in [0.1, 0.15) is 5.82 Å². The maximum absolute atomic E-state index is 4.30. The van der Waals surface area contributed by atoms with Gasteiger partial charge in [-0.1, -0.05) is 20.8 Å². The normalized spacial score (nSPS) is 9.25. The minimum absolute atomic E-state index is 0.862. The van der Waals surface area contributed by atoms with Crippen LogP contribution in [0.25, 0.3) is 0 Å². The largest absolute Gasteiger partial charge is 0.369 e. The highest BCUT2D eigenvalue weighted by molar-refractivity contribution is 5.31. The molecule has 0 bridgehead atoms. The quantitative estimate of drug-likeness (QED) is 0.727. The molecule has 0 atom stereocenters. The summed E-state index contributed by atoms with van der Waals surface area (Å²) in [6, 6.07) is 0. The maximum Gasteiger partial charge on any atom is 0.144 e. The number of hydrogen-bond donors (Lipinski definition) is 2. The zero-order valence-electron chi connectivity index (χ0n) is 10.9. The molecule has 0 amide bonds. The average Bonchev–Trinajstić information content (AvgIpc) is 2.32. The molecule has 1 rings (SSSR count). The van der Waals surface area contributed by atoms with E-state index in [0.717, 1.165) is 37.6 Å². The molecule has 0 unspecified atom stereocenters. The second kappa shape index (κ2) is 10.4. The summed E-state index contributed by atoms with van der Waals surface area (Å²) in [5.74, 6) is 0.862. The lowest BCUT2D eigenvalue weighted by molar-refractivity contribution is 0.688. The van der Waals surface area contributed by atoms with Crippen LogP contribution in [0.3, 0.4) is 0 Å². The van der Waals surface area contributed by atoms with Crippen LogP contribution in [0.5, 0.6) is 0 Å². The third-order valence-electron chi connectivity index (χ3n) is 1.84. The molecule has 0 saturated carbocycles. The van der Waals surface area contributed by atoms with Gasteiger partial charge in [-0.2, -0.15) is 0 Å². The summed E-state index contributed by atoms with van der Waals surface area (Å²) in [7, 11) is 0. The van der Waals surface area contributed by atoms with E-state index in [1.165, 1.54) is 0 Å². The molecule has 0 aliphatic rings. The van der Waals surface area contributed by atoms with Crippen LogP contribution < -0.4 is 10.6 Å². The smallest absolute Gasteiger partial charge is 0.144 e. The van der Waals surface area contributed by atoms with Gasteiger partial charge >= 0.3 is 0 Å². The number of rotatable bonds is 6. The lowest BCUT2D eigenvalue weighted by atomic mass is 10.4. The van der Waals surface area contributed by atoms with Crippen LogP contribution in [0.15, 0.2) is 12.4 Å². The first-order chi connectivity index (χ1) is 7.83. The first-order valence-electron chi connectivity index (χ1n) is 6.06. The second-order valence-corrected chi connectivity index (χ2v) is 3.18. The highest BCUT2D eigenvalue weighted by Crippen LogP contribution is 2.00. The van der Waals surface area contributed by atoms with Gasteiger partial charge in [0.25, 0.3) is 0 Å². The molecule has 0 aromatic carbocycles. The fourth-order valence-corrected chi connectivity index (χ4v) is 1.16. The van der Waals surface area contributed by atoms with E-state index in [1.54, 1.807) is 12.4 Å². The summed E-state index contributed by atoms with van der Waals surface area (Å²) in [5.41, 5.74) is 0.946. The van der Waals surface area contributed by atoms with E-state index >= 15 is 0 Å². The maximum atomic E-state index is 4.30. The fourth-order valence-electron chi connectivity index (χ4n) is 1.16. The van der Waals surface area contributed by atoms with E-state index in [9.17, 15) is 0 Å². The SMILES string of the molecule is CC.CCNCCCNc1cncc(C)n1. The molecule has 4 nitrogen and oxygen atoms in total. The van der Waals surface area contributed by atoms with Crippen molar-refractivity contribution < 1.29 is 0 Å². The van der Waals surface area contributed by atoms with Gasteiger partial charge in [-0.3, -0.25) is 4.98 Å². The second-order valence-electron chi connectivity index (χ2n) is 3.18. The lowest BCUT2D eigenvalue weighted by Crippen LogP contribution is -2.17. The topological polar surface area (TPSA) is 49.8 Å². The Balaban J connectivity index is 0.00000106. The lowest BCUT2D eigenvalue weighted by Gasteiger charge is -2.05. The molecule has 4 heteroatoms. The predicted octanol–water partition coefficient (Wildman–Crippen LogP) is 2.22. The van der Waals surface area contributed by atoms with Crippen molar-refractivity contribution in [2.24, 2.45) is 0 Å². The van der Waals surface area contributed by atoms with E-state index in [-0.39, 0.29) is 0 Å². The number of aromatic nitrogens is 2. The summed E-state index contributed by atoms with van der Waals surface area (Å²) in [4.78, 5) is 8.36. The molecule has 16 heavy (non-hydrogen) atoms. The van der Waals surface area contributed by atoms with Crippen LogP contribution in [0.2, 0.25) is 0 Å². The molecule has 0 aliphatic carbocycles. The molecule has 0 radical (unpaired) electrons. The van der Waals surface area contributed by atoms with Crippen molar-refractivity contribution in [2.75, 3.05) is 25.0 Å². The van der Waals surface area contributed by atoms with E-state index in [4.69, 9.17) is 0 Å². The number of anilines is 1. The van der Waals surface area contributed by atoms with Crippen LogP contribution >= 0.6 is 0 Å². The van der Waals surface area contributed by atoms with Crippen molar-refractivity contribution in [1.29, 1.82) is 0 Å². The highest BCUT2D eigenvalue weighted by Gasteiger charge is 1.93. The highest BCUT2D eigenvalue weighted by atomic mass is 15.0. The van der Waals surface area contributed by atoms with Gasteiger partial charge in [0.05, 0.1) is 11.9 Å². The van der Waals surface area contributed by atoms with E-state index < -0.39 is 0 Å². The van der Waals surface area contributed by atoms with Crippen molar-refractivity contribution in [2.45, 2.75) is 34.1 Å². The summed E-state index contributed by atoms with van der Waals surface area (Å²) in [5, 5.41) is 6.50. The molecule has 0 saturated heterocycles. The molecule has 1 heterocycles. The minimum atomic E-state index is 0.862.